The van der Waals surface area contributed by atoms with Gasteiger partial charge in [-0.2, -0.15) is 0 Å². The van der Waals surface area contributed by atoms with Gasteiger partial charge in [0.05, 0.1) is 11.0 Å². The summed E-state index contributed by atoms with van der Waals surface area (Å²) < 4.78 is 0. The van der Waals surface area contributed by atoms with Crippen molar-refractivity contribution in [3.05, 3.63) is 18.6 Å². The fourth-order valence-electron chi connectivity index (χ4n) is 11.3. The molecule has 0 aromatic heterocycles. The number of hydrogen-bond donors (Lipinski definition) is 3. The van der Waals surface area contributed by atoms with Crippen LogP contribution in [0.15, 0.2) is 11.6 Å². The van der Waals surface area contributed by atoms with Gasteiger partial charge < -0.3 is 22.2 Å². The molecule has 0 aliphatic heterocycles. The molecule has 5 heteroatoms. The van der Waals surface area contributed by atoms with Crippen LogP contribution in [0.3, 0.4) is 0 Å². The average molecular weight is 575 g/mol. The number of carboxylic acid groups (broad SMARTS) is 1. The van der Waals surface area contributed by atoms with E-state index in [-0.39, 0.29) is 78.2 Å². The van der Waals surface area contributed by atoms with Gasteiger partial charge in [0.15, 0.2) is 0 Å². The van der Waals surface area contributed by atoms with Gasteiger partial charge in [0.2, 0.25) is 0 Å². The summed E-state index contributed by atoms with van der Waals surface area (Å²) in [5, 5.41) is 33.6. The molecular formula is C31H49O4Y-. The fraction of sp³-hybridized carbons (Fsp3) is 0.871. The quantitative estimate of drug-likeness (QED) is 0.255. The van der Waals surface area contributed by atoms with Gasteiger partial charge in [-0.1, -0.05) is 65.5 Å². The second-order valence-corrected chi connectivity index (χ2v) is 15.0. The van der Waals surface area contributed by atoms with E-state index in [9.17, 15) is 20.1 Å². The molecular weight excluding hydrogens is 525 g/mol. The van der Waals surface area contributed by atoms with Crippen LogP contribution in [-0.2, 0) is 37.5 Å². The largest absolute Gasteiger partial charge is 0.481 e. The molecule has 4 nitrogen and oxygen atoms in total. The van der Waals surface area contributed by atoms with E-state index in [0.717, 1.165) is 38.5 Å². The second kappa shape index (κ2) is 8.61. The van der Waals surface area contributed by atoms with Crippen molar-refractivity contribution >= 4 is 5.97 Å². The molecule has 36 heavy (non-hydrogen) atoms. The van der Waals surface area contributed by atoms with Gasteiger partial charge in [0, 0.05) is 44.7 Å². The Labute approximate surface area is 244 Å². The van der Waals surface area contributed by atoms with Crippen molar-refractivity contribution < 1.29 is 52.8 Å². The van der Waals surface area contributed by atoms with E-state index in [0.29, 0.717) is 24.7 Å². The Balaban J connectivity index is 0.00000304. The predicted octanol–water partition coefficient (Wildman–Crippen LogP) is 6.26. The zero-order valence-corrected chi connectivity index (χ0v) is 26.6. The van der Waals surface area contributed by atoms with E-state index >= 15 is 0 Å². The summed E-state index contributed by atoms with van der Waals surface area (Å²) in [5.74, 6) is 0.0749. The molecule has 5 aliphatic rings. The maximum Gasteiger partial charge on any atom is 0.310 e. The number of rotatable bonds is 1. The van der Waals surface area contributed by atoms with E-state index in [1.54, 1.807) is 0 Å². The Hall–Kier alpha value is 0.234. The molecule has 12 atom stereocenters. The van der Waals surface area contributed by atoms with Crippen molar-refractivity contribution in [2.45, 2.75) is 112 Å². The molecule has 0 heterocycles. The molecule has 1 radical (unpaired) electrons. The summed E-state index contributed by atoms with van der Waals surface area (Å²) in [7, 11) is 0. The van der Waals surface area contributed by atoms with E-state index < -0.39 is 17.0 Å². The number of carbonyl (C=O) groups is 1. The number of aliphatic carboxylic acids is 1. The van der Waals surface area contributed by atoms with Crippen LogP contribution >= 0.6 is 0 Å². The minimum atomic E-state index is -1.02. The van der Waals surface area contributed by atoms with Crippen LogP contribution < -0.4 is 0 Å². The Bertz CT molecular complexity index is 956. The first-order valence-electron chi connectivity index (χ1n) is 14.2. The van der Waals surface area contributed by atoms with Crippen LogP contribution in [0.1, 0.15) is 99.8 Å². The van der Waals surface area contributed by atoms with Gasteiger partial charge in [-0.3, -0.25) is 4.79 Å². The summed E-state index contributed by atoms with van der Waals surface area (Å²) in [6.45, 7) is 20.3. The summed E-state index contributed by atoms with van der Waals surface area (Å²) >= 11 is 0. The van der Waals surface area contributed by atoms with Crippen molar-refractivity contribution in [3.8, 4) is 0 Å². The zero-order valence-electron chi connectivity index (χ0n) is 23.7. The van der Waals surface area contributed by atoms with Crippen LogP contribution in [0.4, 0.5) is 0 Å². The van der Waals surface area contributed by atoms with Crippen molar-refractivity contribution in [2.75, 3.05) is 0 Å². The predicted molar refractivity (Wildman–Crippen MR) is 138 cm³/mol. The maximum atomic E-state index is 12.9. The van der Waals surface area contributed by atoms with Crippen molar-refractivity contribution in [1.82, 2.24) is 0 Å². The molecule has 4 unspecified atom stereocenters. The molecule has 3 N–H and O–H groups in total. The smallest absolute Gasteiger partial charge is 0.310 e. The summed E-state index contributed by atoms with van der Waals surface area (Å²) in [4.78, 5) is 12.9. The monoisotopic (exact) mass is 574 g/mol. The topological polar surface area (TPSA) is 77.8 Å². The summed E-state index contributed by atoms with van der Waals surface area (Å²) in [6, 6.07) is 0. The summed E-state index contributed by atoms with van der Waals surface area (Å²) in [6.07, 6.45) is 9.04. The molecule has 4 fully saturated rings. The van der Waals surface area contributed by atoms with Crippen LogP contribution in [0.25, 0.3) is 0 Å². The number of allylic oxidation sites excluding steroid dienone is 1. The van der Waals surface area contributed by atoms with Gasteiger partial charge in [-0.25, -0.2) is 0 Å². The number of hydrogen-bond acceptors (Lipinski definition) is 3. The zero-order chi connectivity index (χ0) is 26.0. The minimum absolute atomic E-state index is 0. The molecule has 0 amide bonds. The first kappa shape index (κ1) is 29.2. The van der Waals surface area contributed by atoms with E-state index in [2.05, 4.69) is 54.5 Å². The fourth-order valence-corrected chi connectivity index (χ4v) is 11.3. The van der Waals surface area contributed by atoms with Crippen LogP contribution in [-0.4, -0.2) is 33.0 Å². The molecule has 201 valence electrons. The third-order valence-electron chi connectivity index (χ3n) is 13.5. The second-order valence-electron chi connectivity index (χ2n) is 15.0. The minimum Gasteiger partial charge on any atom is -0.481 e. The van der Waals surface area contributed by atoms with Gasteiger partial charge in [0.25, 0.3) is 0 Å². The maximum absolute atomic E-state index is 12.9. The first-order chi connectivity index (χ1) is 16.0. The molecule has 5 aliphatic carbocycles. The molecule has 0 saturated heterocycles. The van der Waals surface area contributed by atoms with Gasteiger partial charge in [-0.15, -0.1) is 5.41 Å². The van der Waals surface area contributed by atoms with Crippen LogP contribution in [0, 0.1) is 63.6 Å². The van der Waals surface area contributed by atoms with Crippen LogP contribution in [0.2, 0.25) is 0 Å². The number of fused-ring (bicyclic) bond motifs is 7. The third kappa shape index (κ3) is 3.35. The third-order valence-corrected chi connectivity index (χ3v) is 13.5. The Morgan fingerprint density at radius 1 is 1.00 bits per heavy atom. The van der Waals surface area contributed by atoms with Crippen molar-refractivity contribution in [2.24, 2.45) is 56.7 Å². The molecule has 0 aromatic carbocycles. The Morgan fingerprint density at radius 2 is 1.64 bits per heavy atom. The average Bonchev–Trinajstić information content (AvgIpc) is 2.75. The number of aliphatic hydroxyl groups is 2. The standard InChI is InChI=1S/C31H49O4.Y/c1-18-17-27(5)21(26(3,4)24(18)32)12-13-29(7)22(27)10-9-20-23-30(8,35)19(2)11-14-31(23,25(33)34)16-15-28(20,29)6;/h9,18-19,21-24,32,35H,3,10-17H2,1-2,4-8H3,(H,33,34);/q-1;/t18?,19-,21+,22-,23-,24?,26?,27+,28-,29-,30-,31?;/m1./s1. The Morgan fingerprint density at radius 3 is 2.25 bits per heavy atom. The Kier molecular flexibility index (Phi) is 6.99. The molecule has 4 saturated carbocycles. The van der Waals surface area contributed by atoms with E-state index in [1.807, 2.05) is 6.92 Å². The normalized spacial score (nSPS) is 58.2. The molecule has 0 bridgehead atoms. The van der Waals surface area contributed by atoms with Crippen molar-refractivity contribution in [3.63, 3.8) is 0 Å². The van der Waals surface area contributed by atoms with Crippen LogP contribution in [0.5, 0.6) is 0 Å². The first-order valence-corrected chi connectivity index (χ1v) is 14.2. The van der Waals surface area contributed by atoms with Gasteiger partial charge in [-0.05, 0) is 85.9 Å². The van der Waals surface area contributed by atoms with E-state index in [1.165, 1.54) is 5.57 Å². The molecule has 0 spiro atoms. The SMILES string of the molecule is [CH2-]C1(C)C(O)C(C)C[C@]2(C)[C@H]3CC=C4[C@H]5C(C(=O)O)(CC[C@@H](C)[C@@]5(C)O)CC[C@@]4(C)[C@]3(C)CC[C@@H]12.[Y]. The molecule has 0 aromatic rings. The number of aliphatic hydroxyl groups excluding tert-OH is 1. The summed E-state index contributed by atoms with van der Waals surface area (Å²) in [5.41, 5.74) is -1.02. The van der Waals surface area contributed by atoms with Crippen molar-refractivity contribution in [1.29, 1.82) is 0 Å². The van der Waals surface area contributed by atoms with Gasteiger partial charge >= 0.3 is 5.97 Å². The van der Waals surface area contributed by atoms with Gasteiger partial charge in [0.1, 0.15) is 0 Å². The number of carboxylic acids is 1. The molecule has 5 rings (SSSR count). The van der Waals surface area contributed by atoms with E-state index in [4.69, 9.17) is 0 Å².